The summed E-state index contributed by atoms with van der Waals surface area (Å²) in [6.45, 7) is 0.204. The van der Waals surface area contributed by atoms with Crippen LogP contribution in [0, 0.1) is 0 Å². The number of rotatable bonds is 5. The van der Waals surface area contributed by atoms with Gasteiger partial charge in [0.05, 0.1) is 5.56 Å². The summed E-state index contributed by atoms with van der Waals surface area (Å²) in [6.07, 6.45) is -2.15. The molecule has 0 radical (unpaired) electrons. The van der Waals surface area contributed by atoms with Crippen LogP contribution in [0.15, 0.2) is 48.5 Å². The average molecular weight is 411 g/mol. The summed E-state index contributed by atoms with van der Waals surface area (Å²) < 4.78 is 38.3. The highest BCUT2D eigenvalue weighted by Gasteiger charge is 2.30. The lowest BCUT2D eigenvalue weighted by molar-refractivity contribution is -0.137. The van der Waals surface area contributed by atoms with Gasteiger partial charge in [-0.05, 0) is 47.5 Å². The predicted octanol–water partition coefficient (Wildman–Crippen LogP) is 4.39. The highest BCUT2D eigenvalue weighted by atomic mass is 35.5. The van der Waals surface area contributed by atoms with Crippen LogP contribution in [0.1, 0.15) is 27.0 Å². The van der Waals surface area contributed by atoms with Gasteiger partial charge in [-0.1, -0.05) is 23.7 Å². The highest BCUT2D eigenvalue weighted by Crippen LogP contribution is 2.32. The lowest BCUT2D eigenvalue weighted by Gasteiger charge is -2.10. The fourth-order valence-corrected chi connectivity index (χ4v) is 2.47. The summed E-state index contributed by atoms with van der Waals surface area (Å²) in [5.41, 5.74) is 0.552. The van der Waals surface area contributed by atoms with Gasteiger partial charge in [0, 0.05) is 37.3 Å². The monoisotopic (exact) mass is 410 g/mol. The van der Waals surface area contributed by atoms with Gasteiger partial charge in [-0.15, -0.1) is 0 Å². The highest BCUT2D eigenvalue weighted by molar-refractivity contribution is 6.32. The van der Waals surface area contributed by atoms with Crippen molar-refractivity contribution in [3.63, 3.8) is 0 Å². The van der Waals surface area contributed by atoms with Crippen LogP contribution in [0.5, 0.6) is 0 Å². The van der Waals surface area contributed by atoms with Crippen molar-refractivity contribution in [2.75, 3.05) is 14.1 Å². The van der Waals surface area contributed by atoms with E-state index in [0.29, 0.717) is 5.56 Å². The first-order valence-electron chi connectivity index (χ1n) is 8.21. The van der Waals surface area contributed by atoms with Gasteiger partial charge in [0.2, 0.25) is 5.91 Å². The maximum atomic E-state index is 12.8. The van der Waals surface area contributed by atoms with Crippen molar-refractivity contribution in [1.82, 2.24) is 10.2 Å². The lowest BCUT2D eigenvalue weighted by atomic mass is 10.1. The quantitative estimate of drug-likeness (QED) is 0.743. The van der Waals surface area contributed by atoms with Crippen LogP contribution >= 0.6 is 11.6 Å². The fourth-order valence-electron chi connectivity index (χ4n) is 2.28. The molecule has 0 saturated heterocycles. The topological polar surface area (TPSA) is 49.4 Å². The Morgan fingerprint density at radius 3 is 2.32 bits per heavy atom. The van der Waals surface area contributed by atoms with Crippen LogP contribution in [0.3, 0.4) is 0 Å². The molecular formula is C20H18ClF3N2O2. The number of hydrogen-bond acceptors (Lipinski definition) is 2. The van der Waals surface area contributed by atoms with Gasteiger partial charge >= 0.3 is 6.18 Å². The van der Waals surface area contributed by atoms with Crippen molar-refractivity contribution in [1.29, 1.82) is 0 Å². The van der Waals surface area contributed by atoms with Gasteiger partial charge in [0.15, 0.2) is 0 Å². The molecule has 2 aromatic rings. The Morgan fingerprint density at radius 1 is 1.11 bits per heavy atom. The van der Waals surface area contributed by atoms with E-state index < -0.39 is 17.6 Å². The second-order valence-corrected chi connectivity index (χ2v) is 6.59. The van der Waals surface area contributed by atoms with E-state index >= 15 is 0 Å². The number of amides is 2. The maximum Gasteiger partial charge on any atom is 0.416 e. The molecule has 0 heterocycles. The van der Waals surface area contributed by atoms with E-state index in [4.69, 9.17) is 11.6 Å². The number of alkyl halides is 3. The summed E-state index contributed by atoms with van der Waals surface area (Å²) in [5.74, 6) is -0.613. The molecule has 148 valence electrons. The fraction of sp³-hybridized carbons (Fsp3) is 0.200. The zero-order chi connectivity index (χ0) is 20.9. The lowest BCUT2D eigenvalue weighted by Crippen LogP contribution is -2.22. The van der Waals surface area contributed by atoms with Crippen molar-refractivity contribution in [3.8, 4) is 0 Å². The van der Waals surface area contributed by atoms with Crippen LogP contribution in [0.2, 0.25) is 5.02 Å². The molecule has 2 aromatic carbocycles. The molecule has 0 aliphatic heterocycles. The third-order valence-electron chi connectivity index (χ3n) is 3.81. The summed E-state index contributed by atoms with van der Waals surface area (Å²) in [5, 5.41) is 2.73. The molecule has 28 heavy (non-hydrogen) atoms. The Hall–Kier alpha value is -2.80. The summed E-state index contributed by atoms with van der Waals surface area (Å²) in [4.78, 5) is 25.2. The molecule has 0 atom stereocenters. The standard InChI is InChI=1S/C20H18ClF3N2O2/c1-26(2)19(28)14-5-3-13(4-6-14)12-25-18(27)10-7-15-11-16(20(22,23)24)8-9-17(15)21/h3-11H,12H2,1-2H3,(H,25,27)/b10-7+. The van der Waals surface area contributed by atoms with Crippen molar-refractivity contribution in [2.24, 2.45) is 0 Å². The molecule has 0 aliphatic rings. The van der Waals surface area contributed by atoms with E-state index in [9.17, 15) is 22.8 Å². The molecule has 4 nitrogen and oxygen atoms in total. The Morgan fingerprint density at radius 2 is 1.75 bits per heavy atom. The van der Waals surface area contributed by atoms with E-state index in [1.807, 2.05) is 0 Å². The van der Waals surface area contributed by atoms with Gasteiger partial charge < -0.3 is 10.2 Å². The number of carbonyl (C=O) groups excluding carboxylic acids is 2. The SMILES string of the molecule is CN(C)C(=O)c1ccc(CNC(=O)/C=C/c2cc(C(F)(F)F)ccc2Cl)cc1. The molecule has 8 heteroatoms. The zero-order valence-corrected chi connectivity index (χ0v) is 15.9. The first kappa shape index (κ1) is 21.5. The molecule has 0 unspecified atom stereocenters. The Kier molecular flexibility index (Phi) is 6.85. The van der Waals surface area contributed by atoms with E-state index in [-0.39, 0.29) is 23.0 Å². The van der Waals surface area contributed by atoms with Crippen LogP contribution in [0.4, 0.5) is 13.2 Å². The summed E-state index contributed by atoms with van der Waals surface area (Å²) in [6, 6.07) is 9.63. The Balaban J connectivity index is 1.98. The first-order valence-corrected chi connectivity index (χ1v) is 8.59. The molecular weight excluding hydrogens is 393 g/mol. The molecule has 0 bridgehead atoms. The van der Waals surface area contributed by atoms with Crippen LogP contribution < -0.4 is 5.32 Å². The van der Waals surface area contributed by atoms with E-state index in [1.165, 1.54) is 11.0 Å². The molecule has 1 N–H and O–H groups in total. The second-order valence-electron chi connectivity index (χ2n) is 6.18. The molecule has 0 fully saturated rings. The minimum Gasteiger partial charge on any atom is -0.348 e. The van der Waals surface area contributed by atoms with Crippen LogP contribution in [-0.2, 0) is 17.5 Å². The largest absolute Gasteiger partial charge is 0.416 e. The van der Waals surface area contributed by atoms with Crippen molar-refractivity contribution < 1.29 is 22.8 Å². The maximum absolute atomic E-state index is 12.8. The summed E-state index contributed by atoms with van der Waals surface area (Å²) >= 11 is 5.88. The normalized spacial score (nSPS) is 11.5. The second kappa shape index (κ2) is 8.93. The third-order valence-corrected chi connectivity index (χ3v) is 4.16. The van der Waals surface area contributed by atoms with Crippen molar-refractivity contribution >= 4 is 29.5 Å². The molecule has 0 aliphatic carbocycles. The number of benzene rings is 2. The van der Waals surface area contributed by atoms with Crippen molar-refractivity contribution in [3.05, 3.63) is 75.8 Å². The molecule has 2 amide bonds. The average Bonchev–Trinajstić information content (AvgIpc) is 2.64. The predicted molar refractivity (Wildman–Crippen MR) is 102 cm³/mol. The molecule has 0 saturated carbocycles. The van der Waals surface area contributed by atoms with Crippen LogP contribution in [-0.4, -0.2) is 30.8 Å². The number of hydrogen-bond donors (Lipinski definition) is 1. The molecule has 0 spiro atoms. The Labute approximate surface area is 165 Å². The number of carbonyl (C=O) groups is 2. The smallest absolute Gasteiger partial charge is 0.348 e. The number of halogens is 4. The molecule has 2 rings (SSSR count). The Bertz CT molecular complexity index is 891. The molecule has 0 aromatic heterocycles. The van der Waals surface area contributed by atoms with E-state index in [0.717, 1.165) is 29.8 Å². The van der Waals surface area contributed by atoms with Gasteiger partial charge in [0.25, 0.3) is 5.91 Å². The number of nitrogens with zero attached hydrogens (tertiary/aromatic N) is 1. The first-order chi connectivity index (χ1) is 13.1. The van der Waals surface area contributed by atoms with Crippen LogP contribution in [0.25, 0.3) is 6.08 Å². The minimum absolute atomic E-state index is 0.0955. The van der Waals surface area contributed by atoms with E-state index in [1.54, 1.807) is 38.4 Å². The summed E-state index contributed by atoms with van der Waals surface area (Å²) in [7, 11) is 3.30. The number of nitrogens with one attached hydrogen (secondary N) is 1. The van der Waals surface area contributed by atoms with E-state index in [2.05, 4.69) is 5.32 Å². The van der Waals surface area contributed by atoms with Gasteiger partial charge in [-0.2, -0.15) is 13.2 Å². The minimum atomic E-state index is -4.49. The van der Waals surface area contributed by atoms with Crippen molar-refractivity contribution in [2.45, 2.75) is 12.7 Å². The van der Waals surface area contributed by atoms with Gasteiger partial charge in [0.1, 0.15) is 0 Å². The zero-order valence-electron chi connectivity index (χ0n) is 15.2. The van der Waals surface area contributed by atoms with Gasteiger partial charge in [-0.3, -0.25) is 9.59 Å². The third kappa shape index (κ3) is 5.85. The van der Waals surface area contributed by atoms with Gasteiger partial charge in [-0.25, -0.2) is 0 Å².